The number of thioether (sulfide) groups is 1. The van der Waals surface area contributed by atoms with Crippen molar-refractivity contribution >= 4 is 51.5 Å². The van der Waals surface area contributed by atoms with Crippen molar-refractivity contribution in [3.05, 3.63) is 64.2 Å². The van der Waals surface area contributed by atoms with Gasteiger partial charge in [-0.25, -0.2) is 0 Å². The van der Waals surface area contributed by atoms with Gasteiger partial charge in [-0.1, -0.05) is 30.0 Å². The minimum absolute atomic E-state index is 0.0749. The summed E-state index contributed by atoms with van der Waals surface area (Å²) in [5.74, 6) is -0.580. The molecule has 1 atom stereocenters. The van der Waals surface area contributed by atoms with E-state index in [1.165, 1.54) is 40.9 Å². The lowest BCUT2D eigenvalue weighted by atomic mass is 10.1. The van der Waals surface area contributed by atoms with Crippen LogP contribution in [-0.2, 0) is 9.59 Å². The molecule has 0 bridgehead atoms. The minimum Gasteiger partial charge on any atom is -0.320 e. The van der Waals surface area contributed by atoms with Crippen molar-refractivity contribution < 1.29 is 14.5 Å². The van der Waals surface area contributed by atoms with E-state index in [4.69, 9.17) is 0 Å². The summed E-state index contributed by atoms with van der Waals surface area (Å²) >= 11 is 1.21. The van der Waals surface area contributed by atoms with Crippen molar-refractivity contribution in [3.8, 4) is 0 Å². The number of para-hydroxylation sites is 1. The molecular formula is C18H13N5O4S. The normalized spacial score (nSPS) is 21.3. The van der Waals surface area contributed by atoms with E-state index >= 15 is 0 Å². The van der Waals surface area contributed by atoms with E-state index in [0.717, 1.165) is 0 Å². The van der Waals surface area contributed by atoms with E-state index in [9.17, 15) is 19.7 Å². The lowest BCUT2D eigenvalue weighted by Crippen LogP contribution is -2.31. The quantitative estimate of drug-likeness (QED) is 0.633. The molecule has 0 aliphatic carbocycles. The number of fused-ring (bicyclic) bond motifs is 1. The van der Waals surface area contributed by atoms with E-state index in [1.54, 1.807) is 31.2 Å². The molecule has 0 radical (unpaired) electrons. The number of carbonyl (C=O) groups excluding carboxylic acids is 2. The minimum atomic E-state index is -0.510. The Balaban J connectivity index is 1.70. The zero-order chi connectivity index (χ0) is 19.8. The van der Waals surface area contributed by atoms with E-state index in [1.807, 2.05) is 0 Å². The Kier molecular flexibility index (Phi) is 4.40. The third-order valence-corrected chi connectivity index (χ3v) is 5.27. The Morgan fingerprint density at radius 3 is 2.54 bits per heavy atom. The fraction of sp³-hybridized carbons (Fsp3) is 0.111. The van der Waals surface area contributed by atoms with Gasteiger partial charge in [-0.15, -0.1) is 10.2 Å². The van der Waals surface area contributed by atoms with Gasteiger partial charge in [0.2, 0.25) is 5.91 Å². The zero-order valence-electron chi connectivity index (χ0n) is 14.5. The number of amides is 2. The SMILES string of the molecule is CC1S/C(=N/N=C2\C(=O)Nc3ccccc32)N(c2ccc([N+](=O)[O-])cc2)C1=O. The van der Waals surface area contributed by atoms with Crippen molar-refractivity contribution in [1.82, 2.24) is 0 Å². The lowest BCUT2D eigenvalue weighted by molar-refractivity contribution is -0.384. The Morgan fingerprint density at radius 2 is 1.82 bits per heavy atom. The number of nitro groups is 1. The van der Waals surface area contributed by atoms with E-state index in [2.05, 4.69) is 15.5 Å². The molecule has 4 rings (SSSR count). The number of hydrogen-bond donors (Lipinski definition) is 1. The average Bonchev–Trinajstić information content (AvgIpc) is 3.15. The number of nitrogens with one attached hydrogen (secondary N) is 1. The van der Waals surface area contributed by atoms with Crippen LogP contribution in [0.15, 0.2) is 58.7 Å². The number of carbonyl (C=O) groups is 2. The van der Waals surface area contributed by atoms with Crippen LogP contribution in [0.3, 0.4) is 0 Å². The van der Waals surface area contributed by atoms with Crippen molar-refractivity contribution in [1.29, 1.82) is 0 Å². The first-order valence-electron chi connectivity index (χ1n) is 8.27. The smallest absolute Gasteiger partial charge is 0.276 e. The number of hydrogen-bond acceptors (Lipinski definition) is 7. The summed E-state index contributed by atoms with van der Waals surface area (Å²) in [6.07, 6.45) is 0. The van der Waals surface area contributed by atoms with Gasteiger partial charge in [0.1, 0.15) is 0 Å². The molecule has 2 amide bonds. The molecule has 2 heterocycles. The molecule has 10 heteroatoms. The highest BCUT2D eigenvalue weighted by Gasteiger charge is 2.37. The number of amidine groups is 1. The molecule has 1 unspecified atom stereocenters. The van der Waals surface area contributed by atoms with Crippen molar-refractivity contribution in [2.45, 2.75) is 12.2 Å². The molecule has 0 saturated carbocycles. The van der Waals surface area contributed by atoms with Gasteiger partial charge in [0.05, 0.1) is 21.5 Å². The van der Waals surface area contributed by atoms with Crippen molar-refractivity contribution in [3.63, 3.8) is 0 Å². The molecule has 2 aromatic carbocycles. The molecule has 140 valence electrons. The molecule has 1 saturated heterocycles. The summed E-state index contributed by atoms with van der Waals surface area (Å²) in [6, 6.07) is 12.7. The first-order chi connectivity index (χ1) is 13.5. The topological polar surface area (TPSA) is 117 Å². The predicted octanol–water partition coefficient (Wildman–Crippen LogP) is 2.78. The summed E-state index contributed by atoms with van der Waals surface area (Å²) in [7, 11) is 0. The number of nitro benzene ring substituents is 1. The second-order valence-corrected chi connectivity index (χ2v) is 7.35. The Labute approximate surface area is 163 Å². The molecule has 2 aliphatic rings. The Morgan fingerprint density at radius 1 is 1.11 bits per heavy atom. The van der Waals surface area contributed by atoms with E-state index < -0.39 is 4.92 Å². The van der Waals surface area contributed by atoms with Crippen LogP contribution in [0.25, 0.3) is 0 Å². The Bertz CT molecular complexity index is 1060. The maximum atomic E-state index is 12.6. The first kappa shape index (κ1) is 17.9. The second-order valence-electron chi connectivity index (χ2n) is 6.04. The van der Waals surface area contributed by atoms with E-state index in [0.29, 0.717) is 22.1 Å². The van der Waals surface area contributed by atoms with Gasteiger partial charge < -0.3 is 5.32 Å². The van der Waals surface area contributed by atoms with Crippen LogP contribution in [-0.4, -0.2) is 32.9 Å². The van der Waals surface area contributed by atoms with E-state index in [-0.39, 0.29) is 28.5 Å². The highest BCUT2D eigenvalue weighted by atomic mass is 32.2. The summed E-state index contributed by atoms with van der Waals surface area (Å²) in [4.78, 5) is 36.4. The molecule has 1 fully saturated rings. The van der Waals surface area contributed by atoms with Crippen LogP contribution in [0.4, 0.5) is 17.1 Å². The fourth-order valence-corrected chi connectivity index (χ4v) is 3.77. The maximum Gasteiger partial charge on any atom is 0.276 e. The number of nitrogens with zero attached hydrogens (tertiary/aromatic N) is 4. The average molecular weight is 395 g/mol. The largest absolute Gasteiger partial charge is 0.320 e. The van der Waals surface area contributed by atoms with Crippen molar-refractivity contribution in [2.24, 2.45) is 10.2 Å². The number of benzene rings is 2. The molecule has 0 spiro atoms. The highest BCUT2D eigenvalue weighted by Crippen LogP contribution is 2.33. The van der Waals surface area contributed by atoms with Crippen LogP contribution in [0.5, 0.6) is 0 Å². The van der Waals surface area contributed by atoms with Crippen molar-refractivity contribution in [2.75, 3.05) is 10.2 Å². The van der Waals surface area contributed by atoms with Crippen LogP contribution in [0, 0.1) is 10.1 Å². The maximum absolute atomic E-state index is 12.6. The standard InChI is InChI=1S/C18H13N5O4S/c1-10-17(25)22(11-6-8-12(9-7-11)23(26)27)18(28-10)21-20-15-13-4-2-3-5-14(13)19-16(15)24/h2-10H,1H3,(H,19,20,24)/b21-18+. The van der Waals surface area contributed by atoms with Crippen LogP contribution < -0.4 is 10.2 Å². The highest BCUT2D eigenvalue weighted by molar-refractivity contribution is 8.16. The third kappa shape index (κ3) is 3.03. The molecule has 9 nitrogen and oxygen atoms in total. The summed E-state index contributed by atoms with van der Waals surface area (Å²) in [5, 5.41) is 21.7. The fourth-order valence-electron chi connectivity index (χ4n) is 2.86. The first-order valence-corrected chi connectivity index (χ1v) is 9.15. The number of rotatable bonds is 3. The van der Waals surface area contributed by atoms with Crippen LogP contribution >= 0.6 is 11.8 Å². The molecule has 2 aliphatic heterocycles. The third-order valence-electron chi connectivity index (χ3n) is 4.24. The van der Waals surface area contributed by atoms with Crippen LogP contribution in [0.1, 0.15) is 12.5 Å². The van der Waals surface area contributed by atoms with Gasteiger partial charge in [0, 0.05) is 17.7 Å². The molecule has 2 aromatic rings. The van der Waals surface area contributed by atoms with Gasteiger partial charge in [-0.3, -0.25) is 24.6 Å². The van der Waals surface area contributed by atoms with Gasteiger partial charge in [-0.2, -0.15) is 0 Å². The number of non-ortho nitro benzene ring substituents is 1. The summed E-state index contributed by atoms with van der Waals surface area (Å²) < 4.78 is 0. The monoisotopic (exact) mass is 395 g/mol. The molecule has 0 aromatic heterocycles. The zero-order valence-corrected chi connectivity index (χ0v) is 15.3. The van der Waals surface area contributed by atoms with Gasteiger partial charge >= 0.3 is 0 Å². The summed E-state index contributed by atoms with van der Waals surface area (Å²) in [5.41, 5.74) is 1.83. The lowest BCUT2D eigenvalue weighted by Gasteiger charge is -2.15. The van der Waals surface area contributed by atoms with Crippen LogP contribution in [0.2, 0.25) is 0 Å². The molecule has 1 N–H and O–H groups in total. The number of anilines is 2. The predicted molar refractivity (Wildman–Crippen MR) is 107 cm³/mol. The van der Waals surface area contributed by atoms with Gasteiger partial charge in [0.15, 0.2) is 10.9 Å². The molecular weight excluding hydrogens is 382 g/mol. The van der Waals surface area contributed by atoms with Gasteiger partial charge in [-0.05, 0) is 25.1 Å². The Hall–Kier alpha value is -3.53. The van der Waals surface area contributed by atoms with Gasteiger partial charge in [0.25, 0.3) is 11.6 Å². The second kappa shape index (κ2) is 6.89. The molecule has 28 heavy (non-hydrogen) atoms. The summed E-state index contributed by atoms with van der Waals surface area (Å²) in [6.45, 7) is 1.73.